The molecule has 16 heavy (non-hydrogen) atoms. The van der Waals surface area contributed by atoms with Crippen molar-refractivity contribution in [2.75, 3.05) is 0 Å². The summed E-state index contributed by atoms with van der Waals surface area (Å²) in [4.78, 5) is 0. The highest BCUT2D eigenvalue weighted by molar-refractivity contribution is 9.10. The van der Waals surface area contributed by atoms with Gasteiger partial charge in [-0.3, -0.25) is 4.68 Å². The van der Waals surface area contributed by atoms with Gasteiger partial charge in [-0.05, 0) is 41.1 Å². The summed E-state index contributed by atoms with van der Waals surface area (Å²) in [7, 11) is 0. The van der Waals surface area contributed by atoms with E-state index in [1.807, 2.05) is 10.9 Å². The topological polar surface area (TPSA) is 38.0 Å². The van der Waals surface area contributed by atoms with E-state index in [2.05, 4.69) is 48.7 Å². The Balaban J connectivity index is 2.64. The first-order valence-electron chi connectivity index (χ1n) is 5.74. The molecule has 1 rings (SSSR count). The lowest BCUT2D eigenvalue weighted by atomic mass is 9.86. The van der Waals surface area contributed by atoms with Crippen molar-refractivity contribution >= 4 is 15.9 Å². The lowest BCUT2D eigenvalue weighted by Gasteiger charge is -2.25. The van der Waals surface area contributed by atoms with Crippen LogP contribution in [0.5, 0.6) is 0 Å². The zero-order chi connectivity index (χ0) is 12.3. The van der Waals surface area contributed by atoms with Crippen LogP contribution < -0.4 is 0 Å². The number of aliphatic hydroxyl groups is 1. The zero-order valence-corrected chi connectivity index (χ0v) is 12.1. The maximum Gasteiger partial charge on any atom is 0.0635 e. The second kappa shape index (κ2) is 5.32. The maximum atomic E-state index is 9.99. The minimum atomic E-state index is -0.278. The summed E-state index contributed by atoms with van der Waals surface area (Å²) in [5, 5.41) is 14.3. The monoisotopic (exact) mass is 288 g/mol. The maximum absolute atomic E-state index is 9.99. The third-order valence-electron chi connectivity index (χ3n) is 2.85. The van der Waals surface area contributed by atoms with Crippen LogP contribution in [0.2, 0.25) is 0 Å². The fraction of sp³-hybridized carbons (Fsp3) is 0.750. The summed E-state index contributed by atoms with van der Waals surface area (Å²) in [5.41, 5.74) is 1.12. The van der Waals surface area contributed by atoms with Crippen LogP contribution in [0.1, 0.15) is 39.8 Å². The summed E-state index contributed by atoms with van der Waals surface area (Å²) in [6, 6.07) is 0. The van der Waals surface area contributed by atoms with Crippen molar-refractivity contribution in [1.82, 2.24) is 9.78 Å². The van der Waals surface area contributed by atoms with Gasteiger partial charge in [0.25, 0.3) is 0 Å². The summed E-state index contributed by atoms with van der Waals surface area (Å²) in [6.45, 7) is 9.12. The van der Waals surface area contributed by atoms with Gasteiger partial charge in [0.05, 0.1) is 22.5 Å². The Morgan fingerprint density at radius 3 is 2.62 bits per heavy atom. The summed E-state index contributed by atoms with van der Waals surface area (Å²) >= 11 is 3.49. The largest absolute Gasteiger partial charge is 0.393 e. The van der Waals surface area contributed by atoms with E-state index in [9.17, 15) is 5.11 Å². The Morgan fingerprint density at radius 1 is 1.50 bits per heavy atom. The quantitative estimate of drug-likeness (QED) is 0.925. The Bertz CT molecular complexity index is 341. The second-order valence-corrected chi connectivity index (χ2v) is 6.03. The molecule has 0 aromatic carbocycles. The van der Waals surface area contributed by atoms with Crippen LogP contribution >= 0.6 is 15.9 Å². The second-order valence-electron chi connectivity index (χ2n) is 5.18. The number of halogens is 1. The van der Waals surface area contributed by atoms with Crippen molar-refractivity contribution in [2.24, 2.45) is 5.41 Å². The molecule has 0 bridgehead atoms. The molecule has 0 saturated heterocycles. The molecule has 1 aromatic heterocycles. The van der Waals surface area contributed by atoms with Gasteiger partial charge in [0, 0.05) is 6.54 Å². The number of aromatic nitrogens is 2. The van der Waals surface area contributed by atoms with E-state index in [1.165, 1.54) is 5.69 Å². The molecule has 0 fully saturated rings. The molecule has 1 heterocycles. The smallest absolute Gasteiger partial charge is 0.0635 e. The molecule has 92 valence electrons. The molecule has 3 nitrogen and oxygen atoms in total. The van der Waals surface area contributed by atoms with Gasteiger partial charge in [0.2, 0.25) is 0 Å². The Hall–Kier alpha value is -0.350. The summed E-state index contributed by atoms with van der Waals surface area (Å²) in [6.07, 6.45) is 3.17. The molecular weight excluding hydrogens is 268 g/mol. The highest BCUT2D eigenvalue weighted by atomic mass is 79.9. The van der Waals surface area contributed by atoms with Gasteiger partial charge in [-0.2, -0.15) is 5.10 Å². The molecule has 1 aromatic rings. The molecule has 1 N–H and O–H groups in total. The lowest BCUT2D eigenvalue weighted by molar-refractivity contribution is 0.0555. The van der Waals surface area contributed by atoms with Crippen molar-refractivity contribution in [3.63, 3.8) is 0 Å². The third-order valence-corrected chi connectivity index (χ3v) is 3.51. The van der Waals surface area contributed by atoms with Gasteiger partial charge in [-0.1, -0.05) is 20.8 Å². The summed E-state index contributed by atoms with van der Waals surface area (Å²) < 4.78 is 3.01. The first-order valence-corrected chi connectivity index (χ1v) is 6.53. The predicted molar refractivity (Wildman–Crippen MR) is 69.4 cm³/mol. The molecular formula is C12H21BrN2O. The number of hydrogen-bond acceptors (Lipinski definition) is 2. The standard InChI is InChI=1S/C12H21BrN2O/c1-5-15-10(9(13)8-14-15)6-7-11(16)12(2,3)4/h8,11,16H,5-7H2,1-4H3. The van der Waals surface area contributed by atoms with Gasteiger partial charge >= 0.3 is 0 Å². The van der Waals surface area contributed by atoms with Crippen LogP contribution in [-0.4, -0.2) is 21.0 Å². The van der Waals surface area contributed by atoms with Gasteiger partial charge in [0.15, 0.2) is 0 Å². The first-order chi connectivity index (χ1) is 7.36. The normalized spacial score (nSPS) is 14.1. The molecule has 0 aliphatic carbocycles. The highest BCUT2D eigenvalue weighted by Crippen LogP contribution is 2.25. The molecule has 0 spiro atoms. The van der Waals surface area contributed by atoms with Crippen molar-refractivity contribution in [3.05, 3.63) is 16.4 Å². The van der Waals surface area contributed by atoms with Crippen molar-refractivity contribution in [1.29, 1.82) is 0 Å². The molecule has 1 atom stereocenters. The summed E-state index contributed by atoms with van der Waals surface area (Å²) in [5.74, 6) is 0. The van der Waals surface area contributed by atoms with E-state index in [-0.39, 0.29) is 11.5 Å². The number of rotatable bonds is 4. The minimum absolute atomic E-state index is 0.0520. The average Bonchev–Trinajstić information content (AvgIpc) is 2.54. The molecule has 0 aliphatic rings. The van der Waals surface area contributed by atoms with Crippen molar-refractivity contribution < 1.29 is 5.11 Å². The van der Waals surface area contributed by atoms with Crippen molar-refractivity contribution in [2.45, 2.75) is 53.2 Å². The molecule has 0 amide bonds. The Labute approximate surface area is 106 Å². The van der Waals surface area contributed by atoms with Gasteiger partial charge in [0.1, 0.15) is 0 Å². The third kappa shape index (κ3) is 3.32. The fourth-order valence-corrected chi connectivity index (χ4v) is 2.11. The highest BCUT2D eigenvalue weighted by Gasteiger charge is 2.22. The van der Waals surface area contributed by atoms with Crippen LogP contribution in [0.4, 0.5) is 0 Å². The van der Waals surface area contributed by atoms with E-state index in [0.29, 0.717) is 0 Å². The SMILES string of the molecule is CCn1ncc(Br)c1CCC(O)C(C)(C)C. The Kier molecular flexibility index (Phi) is 4.56. The van der Waals surface area contributed by atoms with E-state index < -0.39 is 0 Å². The van der Waals surface area contributed by atoms with Gasteiger partial charge in [-0.15, -0.1) is 0 Å². The fourth-order valence-electron chi connectivity index (χ4n) is 1.62. The van der Waals surface area contributed by atoms with Crippen molar-refractivity contribution in [3.8, 4) is 0 Å². The average molecular weight is 289 g/mol. The predicted octanol–water partition coefficient (Wildman–Crippen LogP) is 3.01. The van der Waals surface area contributed by atoms with Crippen LogP contribution in [0, 0.1) is 5.41 Å². The minimum Gasteiger partial charge on any atom is -0.393 e. The van der Waals surface area contributed by atoms with Crippen LogP contribution in [0.3, 0.4) is 0 Å². The first kappa shape index (κ1) is 13.7. The number of aryl methyl sites for hydroxylation is 1. The van der Waals surface area contributed by atoms with E-state index >= 15 is 0 Å². The number of aliphatic hydroxyl groups excluding tert-OH is 1. The van der Waals surface area contributed by atoms with Crippen LogP contribution in [0.15, 0.2) is 10.7 Å². The van der Waals surface area contributed by atoms with Crippen LogP contribution in [-0.2, 0) is 13.0 Å². The lowest BCUT2D eigenvalue weighted by Crippen LogP contribution is -2.26. The van der Waals surface area contributed by atoms with E-state index in [0.717, 1.165) is 23.9 Å². The van der Waals surface area contributed by atoms with E-state index in [1.54, 1.807) is 0 Å². The number of nitrogens with zero attached hydrogens (tertiary/aromatic N) is 2. The Morgan fingerprint density at radius 2 is 2.12 bits per heavy atom. The molecule has 0 aliphatic heterocycles. The van der Waals surface area contributed by atoms with Crippen LogP contribution in [0.25, 0.3) is 0 Å². The molecule has 1 unspecified atom stereocenters. The van der Waals surface area contributed by atoms with Gasteiger partial charge < -0.3 is 5.11 Å². The zero-order valence-electron chi connectivity index (χ0n) is 10.5. The molecule has 0 radical (unpaired) electrons. The molecule has 4 heteroatoms. The number of hydrogen-bond donors (Lipinski definition) is 1. The molecule has 0 saturated carbocycles. The van der Waals surface area contributed by atoms with Gasteiger partial charge in [-0.25, -0.2) is 0 Å². The van der Waals surface area contributed by atoms with E-state index in [4.69, 9.17) is 0 Å².